The number of benzene rings is 2. The molecule has 1 heterocycles. The number of hydrogen-bond donors (Lipinski definition) is 1. The van der Waals surface area contributed by atoms with Crippen LogP contribution in [0, 0.1) is 30.3 Å². The predicted molar refractivity (Wildman–Crippen MR) is 83.3 cm³/mol. The predicted octanol–water partition coefficient (Wildman–Crippen LogP) is 3.53. The Kier molecular flexibility index (Phi) is 3.53. The van der Waals surface area contributed by atoms with E-state index < -0.39 is 48.6 Å². The van der Waals surface area contributed by atoms with Crippen molar-refractivity contribution in [2.24, 2.45) is 0 Å². The third kappa shape index (κ3) is 2.39. The number of rotatable bonds is 4. The van der Waals surface area contributed by atoms with Gasteiger partial charge < -0.3 is 9.52 Å². The van der Waals surface area contributed by atoms with Gasteiger partial charge in [0.25, 0.3) is 5.75 Å². The average Bonchev–Trinajstić information content (AvgIpc) is 2.93. The molecular formula is C14H7N3O8. The molecule has 11 heteroatoms. The first-order chi connectivity index (χ1) is 11.8. The maximum Gasteiger partial charge on any atom is 0.336 e. The number of fused-ring (bicyclic) bond motifs is 1. The molecule has 0 spiro atoms. The van der Waals surface area contributed by atoms with Crippen molar-refractivity contribution in [1.82, 2.24) is 0 Å². The molecule has 1 N–H and O–H groups in total. The minimum Gasteiger partial charge on any atom is -0.497 e. The summed E-state index contributed by atoms with van der Waals surface area (Å²) in [6.45, 7) is 0. The number of nitrogens with zero attached hydrogens (tertiary/aromatic N) is 3. The highest BCUT2D eigenvalue weighted by molar-refractivity contribution is 6.04. The number of furan rings is 1. The van der Waals surface area contributed by atoms with Crippen LogP contribution in [-0.4, -0.2) is 19.9 Å². The van der Waals surface area contributed by atoms with Gasteiger partial charge in [0.1, 0.15) is 0 Å². The zero-order valence-corrected chi connectivity index (χ0v) is 12.1. The van der Waals surface area contributed by atoms with Gasteiger partial charge in [-0.2, -0.15) is 0 Å². The lowest BCUT2D eigenvalue weighted by molar-refractivity contribution is -0.396. The maximum absolute atomic E-state index is 11.5. The maximum atomic E-state index is 11.5. The molecule has 0 saturated carbocycles. The van der Waals surface area contributed by atoms with Gasteiger partial charge in [-0.05, 0) is 0 Å². The number of phenolic OH excluding ortho intramolecular Hbond substituents is 1. The van der Waals surface area contributed by atoms with E-state index in [-0.39, 0.29) is 11.3 Å². The first kappa shape index (κ1) is 15.9. The van der Waals surface area contributed by atoms with Crippen LogP contribution in [0.2, 0.25) is 0 Å². The van der Waals surface area contributed by atoms with E-state index in [1.54, 1.807) is 18.2 Å². The normalized spacial score (nSPS) is 10.7. The van der Waals surface area contributed by atoms with Crippen molar-refractivity contribution in [1.29, 1.82) is 0 Å². The summed E-state index contributed by atoms with van der Waals surface area (Å²) in [6, 6.07) is 8.46. The van der Waals surface area contributed by atoms with Crippen molar-refractivity contribution >= 4 is 28.0 Å². The van der Waals surface area contributed by atoms with E-state index in [9.17, 15) is 35.4 Å². The molecule has 0 fully saturated rings. The molecule has 3 rings (SSSR count). The van der Waals surface area contributed by atoms with E-state index in [2.05, 4.69) is 0 Å². The number of hydrogen-bond acceptors (Lipinski definition) is 8. The van der Waals surface area contributed by atoms with Crippen LogP contribution in [0.1, 0.15) is 0 Å². The second kappa shape index (κ2) is 5.56. The van der Waals surface area contributed by atoms with Crippen LogP contribution in [0.4, 0.5) is 17.1 Å². The molecule has 1 aromatic heterocycles. The van der Waals surface area contributed by atoms with Gasteiger partial charge in [0.15, 0.2) is 11.0 Å². The molecule has 0 radical (unpaired) electrons. The second-order valence-electron chi connectivity index (χ2n) is 4.88. The van der Waals surface area contributed by atoms with E-state index in [0.29, 0.717) is 0 Å². The number of nitro benzene ring substituents is 2. The van der Waals surface area contributed by atoms with Gasteiger partial charge in [-0.25, -0.2) is 0 Å². The van der Waals surface area contributed by atoms with Gasteiger partial charge in [0, 0.05) is 5.56 Å². The Hall–Kier alpha value is -4.02. The van der Waals surface area contributed by atoms with Crippen LogP contribution in [0.3, 0.4) is 0 Å². The summed E-state index contributed by atoms with van der Waals surface area (Å²) in [5.74, 6) is -1.57. The van der Waals surface area contributed by atoms with Gasteiger partial charge in [-0.1, -0.05) is 30.3 Å². The average molecular weight is 345 g/mol. The lowest BCUT2D eigenvalue weighted by Crippen LogP contribution is -1.96. The summed E-state index contributed by atoms with van der Waals surface area (Å²) >= 11 is 0. The fourth-order valence-corrected chi connectivity index (χ4v) is 2.48. The lowest BCUT2D eigenvalue weighted by atomic mass is 10.1. The van der Waals surface area contributed by atoms with Crippen molar-refractivity contribution in [3.05, 3.63) is 66.7 Å². The Morgan fingerprint density at radius 1 is 0.880 bits per heavy atom. The summed E-state index contributed by atoms with van der Waals surface area (Å²) in [5, 5.41) is 43.0. The Bertz CT molecular complexity index is 1040. The second-order valence-corrected chi connectivity index (χ2v) is 4.88. The van der Waals surface area contributed by atoms with Gasteiger partial charge in [-0.15, -0.1) is 0 Å². The van der Waals surface area contributed by atoms with Crippen molar-refractivity contribution in [3.63, 3.8) is 0 Å². The summed E-state index contributed by atoms with van der Waals surface area (Å²) in [4.78, 5) is 30.7. The quantitative estimate of drug-likeness (QED) is 0.554. The number of phenols is 1. The number of nitro groups is 3. The Balaban J connectivity index is 2.52. The van der Waals surface area contributed by atoms with Crippen molar-refractivity contribution in [2.75, 3.05) is 0 Å². The summed E-state index contributed by atoms with van der Waals surface area (Å²) in [6.07, 6.45) is 0. The fourth-order valence-electron chi connectivity index (χ4n) is 2.48. The van der Waals surface area contributed by atoms with Crippen LogP contribution in [-0.2, 0) is 0 Å². The van der Waals surface area contributed by atoms with Crippen molar-refractivity contribution < 1.29 is 24.3 Å². The van der Waals surface area contributed by atoms with Gasteiger partial charge in [-0.3, -0.25) is 30.3 Å². The Labute approximate surface area is 137 Å². The van der Waals surface area contributed by atoms with Gasteiger partial charge >= 0.3 is 17.1 Å². The fraction of sp³-hybridized carbons (Fsp3) is 0. The summed E-state index contributed by atoms with van der Waals surface area (Å²) in [7, 11) is 0. The molecule has 126 valence electrons. The van der Waals surface area contributed by atoms with Crippen LogP contribution in [0.25, 0.3) is 22.3 Å². The molecule has 0 atom stereocenters. The highest BCUT2D eigenvalue weighted by Crippen LogP contribution is 2.50. The van der Waals surface area contributed by atoms with Crippen LogP contribution >= 0.6 is 0 Å². The smallest absolute Gasteiger partial charge is 0.336 e. The van der Waals surface area contributed by atoms with E-state index >= 15 is 0 Å². The minimum absolute atomic E-state index is 0.252. The van der Waals surface area contributed by atoms with E-state index in [1.165, 1.54) is 12.1 Å². The van der Waals surface area contributed by atoms with Gasteiger partial charge in [0.05, 0.1) is 20.8 Å². The van der Waals surface area contributed by atoms with E-state index in [4.69, 9.17) is 4.42 Å². The third-order valence-electron chi connectivity index (χ3n) is 3.48. The molecule has 25 heavy (non-hydrogen) atoms. The molecule has 0 unspecified atom stereocenters. The zero-order chi connectivity index (χ0) is 18.3. The molecule has 0 saturated heterocycles. The Morgan fingerprint density at radius 2 is 1.48 bits per heavy atom. The van der Waals surface area contributed by atoms with Gasteiger partial charge in [0.2, 0.25) is 5.76 Å². The van der Waals surface area contributed by atoms with Crippen LogP contribution in [0.5, 0.6) is 5.75 Å². The topological polar surface area (TPSA) is 163 Å². The lowest BCUT2D eigenvalue weighted by Gasteiger charge is -1.98. The highest BCUT2D eigenvalue weighted by atomic mass is 16.6. The minimum atomic E-state index is -1.27. The van der Waals surface area contributed by atoms with Crippen molar-refractivity contribution in [3.8, 4) is 17.1 Å². The molecule has 0 aliphatic rings. The first-order valence-corrected chi connectivity index (χ1v) is 6.64. The molecule has 0 aliphatic heterocycles. The molecule has 0 amide bonds. The zero-order valence-electron chi connectivity index (χ0n) is 12.1. The SMILES string of the molecule is O=[N+]([O-])c1cc2oc(-c3ccccc3)c([N+](=O)[O-])c2c([N+](=O)[O-])c1O. The molecule has 2 aromatic carbocycles. The van der Waals surface area contributed by atoms with E-state index in [0.717, 1.165) is 6.07 Å². The first-order valence-electron chi connectivity index (χ1n) is 6.64. The molecule has 11 nitrogen and oxygen atoms in total. The Morgan fingerprint density at radius 3 is 2.00 bits per heavy atom. The summed E-state index contributed by atoms with van der Waals surface area (Å²) < 4.78 is 5.32. The molecule has 0 bridgehead atoms. The highest BCUT2D eigenvalue weighted by Gasteiger charge is 2.38. The molecule has 3 aromatic rings. The van der Waals surface area contributed by atoms with E-state index in [1.807, 2.05) is 0 Å². The largest absolute Gasteiger partial charge is 0.497 e. The monoisotopic (exact) mass is 345 g/mol. The summed E-state index contributed by atoms with van der Waals surface area (Å²) in [5.41, 5.74) is -3.08. The number of aromatic hydroxyl groups is 1. The molecule has 0 aliphatic carbocycles. The van der Waals surface area contributed by atoms with Crippen LogP contribution in [0.15, 0.2) is 40.8 Å². The molecular weight excluding hydrogens is 338 g/mol. The standard InChI is InChI=1S/C14H7N3O8/c18-13-8(15(19)20)6-9-10(11(13)16(21)22)12(17(23)24)14(25-9)7-4-2-1-3-5-7/h1-6,18H. The van der Waals surface area contributed by atoms with Crippen molar-refractivity contribution in [2.45, 2.75) is 0 Å². The van der Waals surface area contributed by atoms with Crippen LogP contribution < -0.4 is 0 Å². The third-order valence-corrected chi connectivity index (χ3v) is 3.48.